The molecule has 3 aromatic rings. The maximum atomic E-state index is 12.9. The lowest BCUT2D eigenvalue weighted by molar-refractivity contribution is -0.384. The molecule has 0 aliphatic carbocycles. The number of methoxy groups -OCH3 is 1. The number of nitrogens with one attached hydrogen (secondary N) is 3. The molecule has 318 valence electrons. The van der Waals surface area contributed by atoms with Crippen LogP contribution in [0.5, 0.6) is 5.75 Å². The first-order valence-corrected chi connectivity index (χ1v) is 18.4. The number of ether oxygens (including phenoxy) is 6. The van der Waals surface area contributed by atoms with E-state index in [0.29, 0.717) is 13.1 Å². The van der Waals surface area contributed by atoms with Gasteiger partial charge in [-0.05, 0) is 54.1 Å². The Morgan fingerprint density at radius 1 is 0.950 bits per heavy atom. The van der Waals surface area contributed by atoms with Crippen molar-refractivity contribution in [2.75, 3.05) is 13.7 Å². The summed E-state index contributed by atoms with van der Waals surface area (Å²) in [5.41, 5.74) is 15.6. The van der Waals surface area contributed by atoms with Crippen molar-refractivity contribution in [3.63, 3.8) is 0 Å². The first kappa shape index (κ1) is 46.0. The van der Waals surface area contributed by atoms with Crippen LogP contribution >= 0.6 is 0 Å². The van der Waals surface area contributed by atoms with E-state index in [0.717, 1.165) is 42.5 Å². The first-order valence-electron chi connectivity index (χ1n) is 18.4. The molecule has 9 N–H and O–H groups in total. The molecule has 0 spiro atoms. The average Bonchev–Trinajstić information content (AvgIpc) is 3.65. The smallest absolute Gasteiger partial charge is 0.477 e. The fraction of sp³-hybridized carbons (Fsp3) is 0.324. The lowest BCUT2D eigenvalue weighted by atomic mass is 9.87. The Bertz CT molecular complexity index is 1970. The predicted octanol–water partition coefficient (Wildman–Crippen LogP) is 1.37. The number of amides is 1. The molecule has 2 aliphatic heterocycles. The number of benzene rings is 3. The van der Waals surface area contributed by atoms with Gasteiger partial charge in [0.15, 0.2) is 24.3 Å². The van der Waals surface area contributed by atoms with Crippen LogP contribution in [0.25, 0.3) is 11.1 Å². The molecule has 21 nitrogen and oxygen atoms in total. The number of guanidine groups is 1. The lowest BCUT2D eigenvalue weighted by Crippen LogP contribution is -2.65. The summed E-state index contributed by atoms with van der Waals surface area (Å²) in [7, 11) is -1.36. The van der Waals surface area contributed by atoms with E-state index >= 15 is 0 Å². The maximum absolute atomic E-state index is 12.9. The third-order valence-electron chi connectivity index (χ3n) is 8.55. The van der Waals surface area contributed by atoms with E-state index in [1.807, 2.05) is 0 Å². The fourth-order valence-corrected chi connectivity index (χ4v) is 5.81. The molecule has 0 radical (unpaired) electrons. The minimum atomic E-state index is -1.62. The summed E-state index contributed by atoms with van der Waals surface area (Å²) in [6.45, 7) is 4.60. The molecule has 1 saturated heterocycles. The molecule has 0 saturated carbocycles. The van der Waals surface area contributed by atoms with Crippen LogP contribution in [0.2, 0.25) is 13.6 Å². The molecule has 1 amide bonds. The third-order valence-corrected chi connectivity index (χ3v) is 8.55. The Labute approximate surface area is 344 Å². The van der Waals surface area contributed by atoms with Gasteiger partial charge in [-0.15, -0.1) is 0 Å². The number of hydrogen-bond acceptors (Lipinski definition) is 17. The predicted molar refractivity (Wildman–Crippen MR) is 216 cm³/mol. The molecule has 5 rings (SSSR count). The van der Waals surface area contributed by atoms with Gasteiger partial charge in [0.2, 0.25) is 11.7 Å². The van der Waals surface area contributed by atoms with Crippen LogP contribution in [0.3, 0.4) is 0 Å². The number of non-ortho nitro benzene ring substituents is 1. The highest BCUT2D eigenvalue weighted by Crippen LogP contribution is 2.29. The monoisotopic (exact) mass is 833 g/mol. The zero-order valence-electron chi connectivity index (χ0n) is 33.0. The molecule has 2 aliphatic rings. The van der Waals surface area contributed by atoms with E-state index in [2.05, 4.69) is 69.3 Å². The molecule has 3 aromatic carbocycles. The zero-order valence-corrected chi connectivity index (χ0v) is 33.0. The molecule has 5 atom stereocenters. The normalized spacial score (nSPS) is 18.6. The highest BCUT2D eigenvalue weighted by Gasteiger charge is 2.50. The number of nitrogens with two attached hydrogens (primary N) is 2. The van der Waals surface area contributed by atoms with E-state index < -0.39 is 86.0 Å². The molecule has 0 unspecified atom stereocenters. The number of hydrogen-bond donors (Lipinski definition) is 7. The van der Waals surface area contributed by atoms with Gasteiger partial charge in [0.05, 0.1) is 24.1 Å². The number of carbonyl (C=O) groups excluding carboxylic acids is 4. The van der Waals surface area contributed by atoms with Gasteiger partial charge in [0.25, 0.3) is 5.69 Å². The van der Waals surface area contributed by atoms with Crippen molar-refractivity contribution >= 4 is 49.9 Å². The van der Waals surface area contributed by atoms with Gasteiger partial charge in [0.1, 0.15) is 12.4 Å². The van der Waals surface area contributed by atoms with Gasteiger partial charge < -0.3 is 65.8 Å². The van der Waals surface area contributed by atoms with Gasteiger partial charge in [-0.3, -0.25) is 19.8 Å². The summed E-state index contributed by atoms with van der Waals surface area (Å²) in [5, 5.41) is 38.6. The van der Waals surface area contributed by atoms with Crippen LogP contribution in [0.15, 0.2) is 89.5 Å². The summed E-state index contributed by atoms with van der Waals surface area (Å²) < 4.78 is 31.3. The van der Waals surface area contributed by atoms with E-state index in [-0.39, 0.29) is 17.4 Å². The number of nitro groups is 1. The molecule has 60 heavy (non-hydrogen) atoms. The van der Waals surface area contributed by atoms with Gasteiger partial charge in [-0.1, -0.05) is 48.5 Å². The zero-order chi connectivity index (χ0) is 43.9. The minimum absolute atomic E-state index is 0.139. The third kappa shape index (κ3) is 13.4. The van der Waals surface area contributed by atoms with Crippen molar-refractivity contribution in [2.24, 2.45) is 16.4 Å². The number of nitro benzene ring substituents is 1. The number of cyclic esters (lactones) is 2. The van der Waals surface area contributed by atoms with Crippen molar-refractivity contribution in [1.29, 1.82) is 0 Å². The van der Waals surface area contributed by atoms with E-state index in [1.165, 1.54) is 37.8 Å². The summed E-state index contributed by atoms with van der Waals surface area (Å²) in [5.74, 6) is -2.31. The van der Waals surface area contributed by atoms with Crippen LogP contribution in [-0.2, 0) is 46.4 Å². The Kier molecular flexibility index (Phi) is 16.8. The molecule has 0 bridgehead atoms. The number of rotatable bonds is 13. The van der Waals surface area contributed by atoms with Gasteiger partial charge in [-0.2, -0.15) is 0 Å². The van der Waals surface area contributed by atoms with Gasteiger partial charge in [0, 0.05) is 32.1 Å². The topological polar surface area (TPSA) is 308 Å². The highest BCUT2D eigenvalue weighted by molar-refractivity contribution is 6.52. The minimum Gasteiger partial charge on any atom is -0.477 e. The second-order valence-corrected chi connectivity index (χ2v) is 13.1. The van der Waals surface area contributed by atoms with Crippen molar-refractivity contribution < 1.29 is 62.6 Å². The maximum Gasteiger partial charge on any atom is 0.514 e. The van der Waals surface area contributed by atoms with E-state index in [9.17, 15) is 39.3 Å². The Balaban J connectivity index is 0.000000411. The summed E-state index contributed by atoms with van der Waals surface area (Å²) >= 11 is 0. The largest absolute Gasteiger partial charge is 0.514 e. The summed E-state index contributed by atoms with van der Waals surface area (Å²) in [4.78, 5) is 63.9. The van der Waals surface area contributed by atoms with Crippen LogP contribution < -0.4 is 32.1 Å². The highest BCUT2D eigenvalue weighted by atomic mass is 16.8. The lowest BCUT2D eigenvalue weighted by Gasteiger charge is -2.41. The van der Waals surface area contributed by atoms with Crippen molar-refractivity contribution in [2.45, 2.75) is 64.1 Å². The Hall–Kier alpha value is -6.68. The molecule has 23 heteroatoms. The Morgan fingerprint density at radius 2 is 1.53 bits per heavy atom. The molecule has 0 aromatic heterocycles. The average molecular weight is 833 g/mol. The van der Waals surface area contributed by atoms with Crippen LogP contribution in [-0.4, -0.2) is 103 Å². The standard InChI is InChI=1S/C23H29B2N5O14.C14H16N2/c1-11(31)26-17-14(27-21(28-24(2)35)29-25(3)36)9-15(20(32)39-4)42-19(17)18(16-10-40-22(33)43-16)44-23(34)41-13-7-5-12(6-8-13)30(37)38;15-9-11-1-5-13(6-2-11)14-7-3-12(10-16)4-8-14/h5-9,14,16-19,35-36H,10H2,1-4H3,(H,26,31)(H2,27,28,29);1-8H,9-10,15-16H2/t14-,16+,17+,18+,19+;/m0./s1. The van der Waals surface area contributed by atoms with Gasteiger partial charge >= 0.3 is 32.4 Å². The number of carbonyl (C=O) groups is 4. The number of nitrogens with zero attached hydrogens (tertiary/aromatic N) is 2. The second-order valence-electron chi connectivity index (χ2n) is 13.1. The van der Waals surface area contributed by atoms with E-state index in [4.69, 9.17) is 39.9 Å². The van der Waals surface area contributed by atoms with Crippen LogP contribution in [0, 0.1) is 10.1 Å². The van der Waals surface area contributed by atoms with Crippen molar-refractivity contribution in [3.05, 3.63) is 106 Å². The SMILES string of the molecule is COC(=O)C1=C[C@H](NC(=NB(C)O)NB(C)O)[C@@H](NC(C)=O)[C@H]([C@H](OC(=O)Oc2ccc([N+](=O)[O-])cc2)[C@H]2COC(=O)O2)O1.NCc1ccc(-c2ccc(CN)cc2)cc1. The van der Waals surface area contributed by atoms with Crippen molar-refractivity contribution in [1.82, 2.24) is 15.9 Å². The molecular formula is C37H45B2N7O14. The number of esters is 1. The Morgan fingerprint density at radius 3 is 1.98 bits per heavy atom. The fourth-order valence-electron chi connectivity index (χ4n) is 5.81. The van der Waals surface area contributed by atoms with Gasteiger partial charge in [-0.25, -0.2) is 14.4 Å². The van der Waals surface area contributed by atoms with E-state index in [1.54, 1.807) is 0 Å². The molecule has 1 fully saturated rings. The molecular weight excluding hydrogens is 788 g/mol. The van der Waals surface area contributed by atoms with Crippen molar-refractivity contribution in [3.8, 4) is 16.9 Å². The summed E-state index contributed by atoms with van der Waals surface area (Å²) in [6, 6.07) is 18.7. The van der Waals surface area contributed by atoms with Crippen LogP contribution in [0.1, 0.15) is 18.1 Å². The van der Waals surface area contributed by atoms with Crippen LogP contribution in [0.4, 0.5) is 15.3 Å². The first-order chi connectivity index (χ1) is 28.6. The second kappa shape index (κ2) is 21.9. The summed E-state index contributed by atoms with van der Waals surface area (Å²) in [6.07, 6.45) is -5.74. The quantitative estimate of drug-likeness (QED) is 0.0187. The molecule has 2 heterocycles.